The van der Waals surface area contributed by atoms with Gasteiger partial charge in [-0.05, 0) is 50.7 Å². The third-order valence-corrected chi connectivity index (χ3v) is 5.14. The van der Waals surface area contributed by atoms with Crippen LogP contribution in [-0.4, -0.2) is 35.8 Å². The van der Waals surface area contributed by atoms with Gasteiger partial charge in [-0.15, -0.1) is 0 Å². The van der Waals surface area contributed by atoms with Gasteiger partial charge in [-0.2, -0.15) is 0 Å². The lowest BCUT2D eigenvalue weighted by atomic mass is 9.77. The quantitative estimate of drug-likeness (QED) is 0.872. The average molecular weight is 314 g/mol. The molecule has 1 heterocycles. The van der Waals surface area contributed by atoms with Crippen LogP contribution in [0.1, 0.15) is 55.6 Å². The molecule has 0 unspecified atom stereocenters. The molecule has 1 saturated heterocycles. The molecule has 0 amide bonds. The maximum atomic E-state index is 11.7. The Labute approximate surface area is 137 Å². The molecule has 23 heavy (non-hydrogen) atoms. The van der Waals surface area contributed by atoms with E-state index >= 15 is 0 Å². The minimum atomic E-state index is -0.556. The van der Waals surface area contributed by atoms with Gasteiger partial charge in [0.25, 0.3) is 0 Å². The number of carbonyl (C=O) groups is 1. The van der Waals surface area contributed by atoms with Crippen molar-refractivity contribution in [1.82, 2.24) is 0 Å². The first-order valence-corrected chi connectivity index (χ1v) is 8.06. The van der Waals surface area contributed by atoms with Crippen molar-refractivity contribution in [2.45, 2.75) is 51.7 Å². The molecule has 3 rings (SSSR count). The zero-order chi connectivity index (χ0) is 16.8. The van der Waals surface area contributed by atoms with E-state index in [0.29, 0.717) is 11.9 Å². The molecule has 0 aromatic heterocycles. The largest absolute Gasteiger partial charge is 0.492 e. The van der Waals surface area contributed by atoms with Crippen LogP contribution in [0.15, 0.2) is 23.7 Å². The maximum Gasteiger partial charge on any atom is 0.492 e. The number of ketones is 1. The molecule has 1 aliphatic carbocycles. The van der Waals surface area contributed by atoms with Gasteiger partial charge in [0.15, 0.2) is 5.78 Å². The Morgan fingerprint density at radius 2 is 1.87 bits per heavy atom. The minimum absolute atomic E-state index is 0.132. The molecule has 1 aliphatic heterocycles. The van der Waals surface area contributed by atoms with Crippen LogP contribution in [0.5, 0.6) is 0 Å². The average Bonchev–Trinajstić information content (AvgIpc) is 2.94. The number of aryl methyl sites for hydroxylation is 1. The highest BCUT2D eigenvalue weighted by molar-refractivity contribution is 6.55. The van der Waals surface area contributed by atoms with Gasteiger partial charge in [-0.1, -0.05) is 24.3 Å². The molecule has 122 valence electrons. The van der Waals surface area contributed by atoms with Crippen LogP contribution >= 0.6 is 0 Å². The number of rotatable bonds is 3. The molecule has 1 aromatic rings. The Kier molecular flexibility index (Phi) is 3.99. The lowest BCUT2D eigenvalue weighted by Gasteiger charge is -2.32. The molecule has 4 nitrogen and oxygen atoms in total. The van der Waals surface area contributed by atoms with E-state index in [4.69, 9.17) is 9.31 Å². The van der Waals surface area contributed by atoms with E-state index in [-0.39, 0.29) is 12.4 Å². The number of hydrogen-bond acceptors (Lipinski definition) is 4. The fourth-order valence-electron chi connectivity index (χ4n) is 2.96. The Hall–Kier alpha value is -1.43. The number of carbonyl (C=O) groups excluding carboxylic acids is 1. The molecule has 1 N–H and O–H groups in total. The van der Waals surface area contributed by atoms with E-state index in [1.165, 1.54) is 0 Å². The van der Waals surface area contributed by atoms with Crippen LogP contribution in [0, 0.1) is 0 Å². The van der Waals surface area contributed by atoms with Crippen LogP contribution in [0.3, 0.4) is 0 Å². The second-order valence-corrected chi connectivity index (χ2v) is 7.31. The zero-order valence-electron chi connectivity index (χ0n) is 14.2. The summed E-state index contributed by atoms with van der Waals surface area (Å²) >= 11 is 0. The summed E-state index contributed by atoms with van der Waals surface area (Å²) in [6.07, 6.45) is 3.28. The Bertz CT molecular complexity index is 660. The molecule has 0 radical (unpaired) electrons. The summed E-state index contributed by atoms with van der Waals surface area (Å²) in [6, 6.07) is 5.79. The van der Waals surface area contributed by atoms with E-state index in [2.05, 4.69) is 0 Å². The Morgan fingerprint density at radius 3 is 2.48 bits per heavy atom. The van der Waals surface area contributed by atoms with E-state index in [1.54, 1.807) is 0 Å². The standard InChI is InChI=1S/C18H23BO4/c1-17(2)18(3,4)23-19(22-17)14(11-20)10-12-5-7-15-13(9-12)6-8-16(15)21/h5,7,9-10,20H,6,8,11H2,1-4H3. The summed E-state index contributed by atoms with van der Waals surface area (Å²) in [7, 11) is -0.556. The van der Waals surface area contributed by atoms with Crippen LogP contribution in [0.4, 0.5) is 0 Å². The predicted octanol–water partition coefficient (Wildman–Crippen LogP) is 2.82. The molecular formula is C18H23BO4. The van der Waals surface area contributed by atoms with E-state index in [9.17, 15) is 9.90 Å². The van der Waals surface area contributed by atoms with Crippen LogP contribution in [0.25, 0.3) is 6.08 Å². The highest BCUT2D eigenvalue weighted by Crippen LogP contribution is 2.38. The van der Waals surface area contributed by atoms with Gasteiger partial charge in [0, 0.05) is 12.0 Å². The molecular weight excluding hydrogens is 291 g/mol. The number of hydrogen-bond donors (Lipinski definition) is 1. The summed E-state index contributed by atoms with van der Waals surface area (Å²) < 4.78 is 12.0. The van der Waals surface area contributed by atoms with Gasteiger partial charge < -0.3 is 14.4 Å². The maximum absolute atomic E-state index is 11.7. The normalized spacial score (nSPS) is 22.6. The second kappa shape index (κ2) is 5.58. The summed E-state index contributed by atoms with van der Waals surface area (Å²) in [5, 5.41) is 9.74. The van der Waals surface area contributed by atoms with Crippen molar-refractivity contribution in [2.24, 2.45) is 0 Å². The Morgan fingerprint density at radius 1 is 1.22 bits per heavy atom. The van der Waals surface area contributed by atoms with Crippen molar-refractivity contribution in [3.05, 3.63) is 40.4 Å². The van der Waals surface area contributed by atoms with Crippen molar-refractivity contribution in [2.75, 3.05) is 6.61 Å². The van der Waals surface area contributed by atoms with Crippen molar-refractivity contribution in [3.8, 4) is 0 Å². The molecule has 0 bridgehead atoms. The summed E-state index contributed by atoms with van der Waals surface area (Å²) in [5.74, 6) is 0.212. The smallest absolute Gasteiger partial charge is 0.400 e. The molecule has 0 atom stereocenters. The predicted molar refractivity (Wildman–Crippen MR) is 90.2 cm³/mol. The van der Waals surface area contributed by atoms with Crippen LogP contribution in [-0.2, 0) is 15.7 Å². The topological polar surface area (TPSA) is 55.8 Å². The van der Waals surface area contributed by atoms with Gasteiger partial charge >= 0.3 is 7.12 Å². The SMILES string of the molecule is CC1(C)OB(C(=Cc2ccc3c(c2)CCC3=O)CO)OC1(C)C. The summed E-state index contributed by atoms with van der Waals surface area (Å²) in [5.41, 5.74) is 2.68. The lowest BCUT2D eigenvalue weighted by molar-refractivity contribution is 0.00578. The van der Waals surface area contributed by atoms with Crippen LogP contribution < -0.4 is 0 Å². The molecule has 1 aromatic carbocycles. The molecule has 2 aliphatic rings. The summed E-state index contributed by atoms with van der Waals surface area (Å²) in [6.45, 7) is 7.82. The van der Waals surface area contributed by atoms with E-state index in [0.717, 1.165) is 23.1 Å². The fourth-order valence-corrected chi connectivity index (χ4v) is 2.96. The Balaban J connectivity index is 1.87. The fraction of sp³-hybridized carbons (Fsp3) is 0.500. The number of aliphatic hydroxyl groups is 1. The van der Waals surface area contributed by atoms with Gasteiger partial charge in [0.2, 0.25) is 0 Å². The molecule has 5 heteroatoms. The van der Waals surface area contributed by atoms with E-state index < -0.39 is 18.3 Å². The lowest BCUT2D eigenvalue weighted by Crippen LogP contribution is -2.41. The highest BCUT2D eigenvalue weighted by atomic mass is 16.7. The second-order valence-electron chi connectivity index (χ2n) is 7.31. The first-order valence-electron chi connectivity index (χ1n) is 8.06. The third kappa shape index (κ3) is 2.89. The van der Waals surface area contributed by atoms with Crippen molar-refractivity contribution >= 4 is 19.0 Å². The third-order valence-electron chi connectivity index (χ3n) is 5.14. The van der Waals surface area contributed by atoms with Crippen molar-refractivity contribution < 1.29 is 19.2 Å². The van der Waals surface area contributed by atoms with E-state index in [1.807, 2.05) is 52.0 Å². The minimum Gasteiger partial charge on any atom is -0.400 e. The summed E-state index contributed by atoms with van der Waals surface area (Å²) in [4.78, 5) is 11.7. The molecule has 0 saturated carbocycles. The van der Waals surface area contributed by atoms with Crippen molar-refractivity contribution in [1.29, 1.82) is 0 Å². The molecule has 1 fully saturated rings. The monoisotopic (exact) mass is 314 g/mol. The first kappa shape index (κ1) is 16.4. The number of Topliss-reactive ketones (excluding diaryl/α,β-unsaturated/α-hetero) is 1. The first-order chi connectivity index (χ1) is 10.7. The van der Waals surface area contributed by atoms with Gasteiger partial charge in [0.05, 0.1) is 17.8 Å². The number of fused-ring (bicyclic) bond motifs is 1. The highest BCUT2D eigenvalue weighted by Gasteiger charge is 2.52. The van der Waals surface area contributed by atoms with Crippen molar-refractivity contribution in [3.63, 3.8) is 0 Å². The zero-order valence-corrected chi connectivity index (χ0v) is 14.2. The number of benzene rings is 1. The number of aliphatic hydroxyl groups excluding tert-OH is 1. The molecule has 0 spiro atoms. The van der Waals surface area contributed by atoms with Gasteiger partial charge in [0.1, 0.15) is 0 Å². The van der Waals surface area contributed by atoms with Crippen LogP contribution in [0.2, 0.25) is 0 Å². The van der Waals surface area contributed by atoms with Gasteiger partial charge in [-0.3, -0.25) is 4.79 Å². The van der Waals surface area contributed by atoms with Gasteiger partial charge in [-0.25, -0.2) is 0 Å².